The van der Waals surface area contributed by atoms with Crippen LogP contribution in [0.4, 0.5) is 5.13 Å². The molecule has 1 fully saturated rings. The van der Waals surface area contributed by atoms with Gasteiger partial charge >= 0.3 is 5.96 Å². The van der Waals surface area contributed by atoms with Gasteiger partial charge in [0.05, 0.1) is 16.3 Å². The first-order chi connectivity index (χ1) is 11.7. The van der Waals surface area contributed by atoms with Crippen LogP contribution in [0.3, 0.4) is 0 Å². The summed E-state index contributed by atoms with van der Waals surface area (Å²) in [6.07, 6.45) is 4.12. The zero-order chi connectivity index (χ0) is 16.5. The Labute approximate surface area is 147 Å². The number of anilines is 1. The predicted octanol–water partition coefficient (Wildman–Crippen LogP) is 0.373. The van der Waals surface area contributed by atoms with Crippen molar-refractivity contribution >= 4 is 32.6 Å². The van der Waals surface area contributed by atoms with Crippen molar-refractivity contribution in [3.63, 3.8) is 0 Å². The molecule has 4 N–H and O–H groups in total. The van der Waals surface area contributed by atoms with E-state index in [0.717, 1.165) is 47.8 Å². The van der Waals surface area contributed by atoms with E-state index in [1.807, 2.05) is 6.07 Å². The second-order valence-electron chi connectivity index (χ2n) is 7.23. The number of hydrogen-bond donors (Lipinski definition) is 4. The average Bonchev–Trinajstić information content (AvgIpc) is 3.00. The molecule has 1 aromatic heterocycles. The maximum Gasteiger partial charge on any atom is 0.359 e. The largest absolute Gasteiger partial charge is 0.359 e. The summed E-state index contributed by atoms with van der Waals surface area (Å²) in [7, 11) is 0. The van der Waals surface area contributed by atoms with Crippen molar-refractivity contribution in [3.8, 4) is 0 Å². The van der Waals surface area contributed by atoms with Gasteiger partial charge in [-0.15, -0.1) is 0 Å². The Hall–Kier alpha value is -1.66. The smallest absolute Gasteiger partial charge is 0.274 e. The van der Waals surface area contributed by atoms with Crippen molar-refractivity contribution in [3.05, 3.63) is 24.3 Å². The summed E-state index contributed by atoms with van der Waals surface area (Å²) in [5.74, 6) is 2.63. The van der Waals surface area contributed by atoms with Crippen LogP contribution in [-0.4, -0.2) is 30.3 Å². The molecular formula is C18H27N5S+2. The van der Waals surface area contributed by atoms with Crippen LogP contribution < -0.4 is 20.5 Å². The fourth-order valence-corrected chi connectivity index (χ4v) is 4.94. The molecule has 1 aliphatic carbocycles. The highest BCUT2D eigenvalue weighted by Gasteiger charge is 2.36. The summed E-state index contributed by atoms with van der Waals surface area (Å²) in [6, 6.07) is 9.02. The molecule has 1 aliphatic heterocycles. The van der Waals surface area contributed by atoms with E-state index < -0.39 is 0 Å². The van der Waals surface area contributed by atoms with Crippen molar-refractivity contribution < 1.29 is 9.89 Å². The second kappa shape index (κ2) is 6.69. The minimum Gasteiger partial charge on any atom is -0.274 e. The lowest BCUT2D eigenvalue weighted by atomic mass is 9.77. The highest BCUT2D eigenvalue weighted by atomic mass is 32.1. The zero-order valence-corrected chi connectivity index (χ0v) is 15.2. The van der Waals surface area contributed by atoms with E-state index in [1.165, 1.54) is 24.0 Å². The van der Waals surface area contributed by atoms with E-state index in [4.69, 9.17) is 0 Å². The van der Waals surface area contributed by atoms with Gasteiger partial charge in [0.25, 0.3) is 5.13 Å². The SMILES string of the molecule is C[C@@H]1[C@H](C)CCC[C@H]1[NH+]1CNC(Nc2nc3ccccc3s2)=[NH+]C1. The number of rotatable bonds is 2. The van der Waals surface area contributed by atoms with Gasteiger partial charge in [0.1, 0.15) is 0 Å². The number of para-hydroxylation sites is 1. The molecule has 0 amide bonds. The number of thiazole rings is 1. The van der Waals surface area contributed by atoms with Gasteiger partial charge in [0.2, 0.25) is 0 Å². The minimum absolute atomic E-state index is 0.762. The maximum absolute atomic E-state index is 4.64. The van der Waals surface area contributed by atoms with Gasteiger partial charge in [-0.3, -0.25) is 4.90 Å². The van der Waals surface area contributed by atoms with Gasteiger partial charge in [-0.1, -0.05) is 37.3 Å². The Morgan fingerprint density at radius 1 is 1.29 bits per heavy atom. The van der Waals surface area contributed by atoms with Gasteiger partial charge < -0.3 is 0 Å². The monoisotopic (exact) mass is 345 g/mol. The van der Waals surface area contributed by atoms with E-state index in [1.54, 1.807) is 16.2 Å². The molecular weight excluding hydrogens is 318 g/mol. The first-order valence-corrected chi connectivity index (χ1v) is 9.84. The minimum atomic E-state index is 0.762. The van der Waals surface area contributed by atoms with Crippen LogP contribution >= 0.6 is 11.3 Å². The van der Waals surface area contributed by atoms with Crippen LogP contribution in [0.5, 0.6) is 0 Å². The standard InChI is InChI=1S/C18H25N5S/c1-12-6-5-8-15(13(12)2)23-10-19-17(20-11-23)22-18-21-14-7-3-4-9-16(14)24-18/h3-4,7,9,12-13,15H,5-6,8,10-11H2,1-2H3,(H2,19,20,21,22)/p+2/t12-,13-,15-/m1/s1. The number of aromatic nitrogens is 1. The summed E-state index contributed by atoms with van der Waals surface area (Å²) >= 11 is 1.69. The lowest BCUT2D eigenvalue weighted by Crippen LogP contribution is -3.27. The van der Waals surface area contributed by atoms with Gasteiger partial charge in [0.15, 0.2) is 13.3 Å². The van der Waals surface area contributed by atoms with Crippen molar-refractivity contribution in [2.75, 3.05) is 18.7 Å². The summed E-state index contributed by atoms with van der Waals surface area (Å²) in [5, 5.41) is 7.86. The molecule has 2 heterocycles. The Morgan fingerprint density at radius 3 is 2.96 bits per heavy atom. The number of benzene rings is 1. The molecule has 1 aromatic carbocycles. The molecule has 24 heavy (non-hydrogen) atoms. The summed E-state index contributed by atoms with van der Waals surface area (Å²) in [4.78, 5) is 9.78. The summed E-state index contributed by atoms with van der Waals surface area (Å²) < 4.78 is 1.22. The number of quaternary nitrogens is 1. The van der Waals surface area contributed by atoms with E-state index in [0.29, 0.717) is 0 Å². The van der Waals surface area contributed by atoms with E-state index in [9.17, 15) is 0 Å². The first-order valence-electron chi connectivity index (χ1n) is 9.02. The summed E-state index contributed by atoms with van der Waals surface area (Å²) in [5.41, 5.74) is 1.05. The molecule has 1 unspecified atom stereocenters. The number of fused-ring (bicyclic) bond motifs is 1. The van der Waals surface area contributed by atoms with E-state index in [2.05, 4.69) is 52.7 Å². The first kappa shape index (κ1) is 15.8. The molecule has 0 spiro atoms. The van der Waals surface area contributed by atoms with Crippen molar-refractivity contribution in [2.45, 2.75) is 39.2 Å². The van der Waals surface area contributed by atoms with Crippen LogP contribution in [-0.2, 0) is 0 Å². The molecule has 1 saturated carbocycles. The number of nitrogens with zero attached hydrogens (tertiary/aromatic N) is 1. The predicted molar refractivity (Wildman–Crippen MR) is 99.0 cm³/mol. The number of hydrogen-bond acceptors (Lipinski definition) is 4. The summed E-state index contributed by atoms with van der Waals surface area (Å²) in [6.45, 7) is 6.79. The lowest BCUT2D eigenvalue weighted by molar-refractivity contribution is -1.00. The third kappa shape index (κ3) is 3.13. The Bertz CT molecular complexity index is 707. The van der Waals surface area contributed by atoms with Crippen LogP contribution in [0.15, 0.2) is 24.3 Å². The van der Waals surface area contributed by atoms with E-state index >= 15 is 0 Å². The van der Waals surface area contributed by atoms with Gasteiger partial charge in [-0.2, -0.15) is 0 Å². The molecule has 2 aromatic rings. The van der Waals surface area contributed by atoms with Crippen LogP contribution in [0, 0.1) is 11.8 Å². The van der Waals surface area contributed by atoms with Crippen LogP contribution in [0.2, 0.25) is 0 Å². The van der Waals surface area contributed by atoms with Crippen molar-refractivity contribution in [2.24, 2.45) is 11.8 Å². The normalized spacial score (nSPS) is 30.7. The van der Waals surface area contributed by atoms with E-state index in [-0.39, 0.29) is 0 Å². The topological polar surface area (TPSA) is 55.4 Å². The van der Waals surface area contributed by atoms with Gasteiger partial charge in [0, 0.05) is 5.92 Å². The number of nitrogens with one attached hydrogen (secondary N) is 4. The maximum atomic E-state index is 4.64. The van der Waals surface area contributed by atoms with Gasteiger partial charge in [-0.05, 0) is 37.3 Å². The zero-order valence-electron chi connectivity index (χ0n) is 14.4. The highest BCUT2D eigenvalue weighted by Crippen LogP contribution is 2.28. The second-order valence-corrected chi connectivity index (χ2v) is 8.26. The third-order valence-corrected chi connectivity index (χ3v) is 6.69. The molecule has 4 rings (SSSR count). The van der Waals surface area contributed by atoms with Crippen LogP contribution in [0.1, 0.15) is 33.1 Å². The Morgan fingerprint density at radius 2 is 2.17 bits per heavy atom. The quantitative estimate of drug-likeness (QED) is 0.636. The Balaban J connectivity index is 1.41. The molecule has 6 heteroatoms. The highest BCUT2D eigenvalue weighted by molar-refractivity contribution is 7.22. The molecule has 128 valence electrons. The van der Waals surface area contributed by atoms with Crippen LogP contribution in [0.25, 0.3) is 10.2 Å². The molecule has 0 bridgehead atoms. The molecule has 0 radical (unpaired) electrons. The van der Waals surface area contributed by atoms with Crippen molar-refractivity contribution in [1.82, 2.24) is 10.3 Å². The fourth-order valence-electron chi connectivity index (χ4n) is 4.07. The molecule has 0 saturated heterocycles. The Kier molecular flexibility index (Phi) is 4.41. The lowest BCUT2D eigenvalue weighted by Gasteiger charge is -2.38. The molecule has 4 atom stereocenters. The van der Waals surface area contributed by atoms with Gasteiger partial charge in [-0.25, -0.2) is 20.6 Å². The number of guanidine groups is 1. The fraction of sp³-hybridized carbons (Fsp3) is 0.556. The molecule has 2 aliphatic rings. The molecule has 5 nitrogen and oxygen atoms in total. The van der Waals surface area contributed by atoms with Crippen molar-refractivity contribution in [1.29, 1.82) is 0 Å². The average molecular weight is 346 g/mol. The third-order valence-electron chi connectivity index (χ3n) is 5.74.